The molecule has 0 aliphatic heterocycles. The van der Waals surface area contributed by atoms with Crippen molar-refractivity contribution in [1.29, 1.82) is 0 Å². The number of carbonyl (C=O) groups is 3. The predicted molar refractivity (Wildman–Crippen MR) is 150 cm³/mol. The van der Waals surface area contributed by atoms with Crippen molar-refractivity contribution in [3.8, 4) is 0 Å². The number of benzene rings is 2. The fourth-order valence-electron chi connectivity index (χ4n) is 3.82. The largest absolute Gasteiger partial charge is 0.447 e. The second kappa shape index (κ2) is 14.0. The Balaban J connectivity index is 1.38. The van der Waals surface area contributed by atoms with Gasteiger partial charge in [-0.2, -0.15) is 0 Å². The van der Waals surface area contributed by atoms with Crippen molar-refractivity contribution >= 4 is 46.2 Å². The van der Waals surface area contributed by atoms with Crippen LogP contribution in [0.1, 0.15) is 17.7 Å². The molecule has 0 radical (unpaired) electrons. The molecule has 0 spiro atoms. The number of hydrogen-bond donors (Lipinski definition) is 3. The van der Waals surface area contributed by atoms with Gasteiger partial charge in [0.05, 0.1) is 35.9 Å². The Bertz CT molecular complexity index is 1530. The highest BCUT2D eigenvalue weighted by atomic mass is 35.5. The number of nitrogens with one attached hydrogen (secondary N) is 3. The zero-order chi connectivity index (χ0) is 29.2. The quantitative estimate of drug-likeness (QED) is 0.255. The summed E-state index contributed by atoms with van der Waals surface area (Å²) in [5.74, 6) is -0.733. The van der Waals surface area contributed by atoms with Crippen LogP contribution in [0.3, 0.4) is 0 Å². The molecular formula is C28H27ClFN7O4. The number of aromatic nitrogens is 3. The summed E-state index contributed by atoms with van der Waals surface area (Å²) < 4.78 is 19.1. The Morgan fingerprint density at radius 3 is 2.59 bits per heavy atom. The maximum atomic E-state index is 13.8. The standard InChI is InChI=1S/C28H27ClFN7O4/c1-37(27(39)35-14-20-7-4-8-23(30)26(20)29)22(12-25(38)34-16-21-15-31-9-10-32-21)17-41-28(40)36-24-11-18-5-2-3-6-19(18)13-33-24/h2-11,13,15,22H,12,14,16-17H2,1H3,(H,34,38)(H,35,39)(H,33,36,40)/t22-/m0/s1. The third-order valence-electron chi connectivity index (χ3n) is 6.10. The van der Waals surface area contributed by atoms with Crippen LogP contribution in [-0.2, 0) is 22.6 Å². The topological polar surface area (TPSA) is 138 Å². The van der Waals surface area contributed by atoms with E-state index in [-0.39, 0.29) is 37.0 Å². The first kappa shape index (κ1) is 29.2. The van der Waals surface area contributed by atoms with E-state index in [9.17, 15) is 18.8 Å². The van der Waals surface area contributed by atoms with Crippen LogP contribution >= 0.6 is 11.6 Å². The highest BCUT2D eigenvalue weighted by molar-refractivity contribution is 6.31. The highest BCUT2D eigenvalue weighted by Gasteiger charge is 2.25. The summed E-state index contributed by atoms with van der Waals surface area (Å²) in [4.78, 5) is 51.7. The lowest BCUT2D eigenvalue weighted by Gasteiger charge is -2.28. The van der Waals surface area contributed by atoms with E-state index in [1.54, 1.807) is 18.3 Å². The molecule has 0 aliphatic rings. The van der Waals surface area contributed by atoms with Crippen molar-refractivity contribution in [3.63, 3.8) is 0 Å². The van der Waals surface area contributed by atoms with E-state index < -0.39 is 29.9 Å². The van der Waals surface area contributed by atoms with Crippen molar-refractivity contribution in [2.75, 3.05) is 19.0 Å². The van der Waals surface area contributed by atoms with Crippen LogP contribution in [0.4, 0.5) is 19.8 Å². The van der Waals surface area contributed by atoms with Gasteiger partial charge in [0.25, 0.3) is 0 Å². The molecule has 0 bridgehead atoms. The minimum Gasteiger partial charge on any atom is -0.447 e. The summed E-state index contributed by atoms with van der Waals surface area (Å²) in [6.45, 7) is -0.231. The third-order valence-corrected chi connectivity index (χ3v) is 6.53. The number of pyridine rings is 1. The lowest BCUT2D eigenvalue weighted by atomic mass is 10.2. The number of hydrogen-bond acceptors (Lipinski definition) is 7. The molecule has 0 aliphatic carbocycles. The van der Waals surface area contributed by atoms with E-state index in [0.717, 1.165) is 10.8 Å². The van der Waals surface area contributed by atoms with E-state index in [4.69, 9.17) is 16.3 Å². The number of ether oxygens (including phenoxy) is 1. The molecule has 0 fully saturated rings. The maximum absolute atomic E-state index is 13.8. The van der Waals surface area contributed by atoms with Crippen LogP contribution in [0, 0.1) is 5.82 Å². The average Bonchev–Trinajstić information content (AvgIpc) is 2.99. The number of fused-ring (bicyclic) bond motifs is 1. The van der Waals surface area contributed by atoms with Gasteiger partial charge >= 0.3 is 12.1 Å². The van der Waals surface area contributed by atoms with Gasteiger partial charge in [0.15, 0.2) is 0 Å². The van der Waals surface area contributed by atoms with Crippen LogP contribution in [-0.4, -0.2) is 57.6 Å². The van der Waals surface area contributed by atoms with Gasteiger partial charge in [-0.05, 0) is 23.1 Å². The predicted octanol–water partition coefficient (Wildman–Crippen LogP) is 4.28. The van der Waals surface area contributed by atoms with Crippen LogP contribution in [0.2, 0.25) is 5.02 Å². The number of carbonyl (C=O) groups excluding carboxylic acids is 3. The molecule has 1 atom stereocenters. The number of urea groups is 1. The lowest BCUT2D eigenvalue weighted by Crippen LogP contribution is -2.47. The SMILES string of the molecule is CN(C(=O)NCc1cccc(F)c1Cl)[C@H](COC(=O)Nc1cc2ccccc2cn1)CC(=O)NCc1cnccn1. The third kappa shape index (κ3) is 8.32. The molecule has 11 nitrogen and oxygen atoms in total. The first-order chi connectivity index (χ1) is 19.8. The van der Waals surface area contributed by atoms with E-state index in [1.165, 1.54) is 42.7 Å². The van der Waals surface area contributed by atoms with Gasteiger partial charge in [0.2, 0.25) is 5.91 Å². The maximum Gasteiger partial charge on any atom is 0.412 e. The zero-order valence-electron chi connectivity index (χ0n) is 22.0. The van der Waals surface area contributed by atoms with Gasteiger partial charge in [0, 0.05) is 37.6 Å². The molecule has 0 unspecified atom stereocenters. The summed E-state index contributed by atoms with van der Waals surface area (Å²) in [6, 6.07) is 12.1. The summed E-state index contributed by atoms with van der Waals surface area (Å²) in [7, 11) is 1.45. The second-order valence-electron chi connectivity index (χ2n) is 8.95. The molecule has 2 aromatic carbocycles. The molecule has 4 aromatic rings. The smallest absolute Gasteiger partial charge is 0.412 e. The van der Waals surface area contributed by atoms with Gasteiger partial charge in [-0.1, -0.05) is 48.0 Å². The number of nitrogens with zero attached hydrogens (tertiary/aromatic N) is 4. The Morgan fingerprint density at radius 2 is 1.80 bits per heavy atom. The van der Waals surface area contributed by atoms with Crippen molar-refractivity contribution in [3.05, 3.63) is 95.4 Å². The minimum absolute atomic E-state index is 0.0552. The molecule has 212 valence electrons. The van der Waals surface area contributed by atoms with Crippen LogP contribution in [0.5, 0.6) is 0 Å². The van der Waals surface area contributed by atoms with Gasteiger partial charge in [-0.3, -0.25) is 20.1 Å². The second-order valence-corrected chi connectivity index (χ2v) is 9.33. The number of anilines is 1. The molecule has 2 heterocycles. The zero-order valence-corrected chi connectivity index (χ0v) is 22.8. The molecule has 2 aromatic heterocycles. The van der Waals surface area contributed by atoms with E-state index in [1.807, 2.05) is 24.3 Å². The van der Waals surface area contributed by atoms with Crippen molar-refractivity contribution < 1.29 is 23.5 Å². The fourth-order valence-corrected chi connectivity index (χ4v) is 4.01. The minimum atomic E-state index is -0.852. The van der Waals surface area contributed by atoms with E-state index in [0.29, 0.717) is 11.3 Å². The number of halogens is 2. The molecular weight excluding hydrogens is 553 g/mol. The number of likely N-dealkylation sites (N-methyl/N-ethyl adjacent to an activating group) is 1. The molecule has 3 N–H and O–H groups in total. The molecule has 4 rings (SSSR count). The Labute approximate surface area is 240 Å². The van der Waals surface area contributed by atoms with Gasteiger partial charge in [0.1, 0.15) is 18.2 Å². The molecule has 13 heteroatoms. The fraction of sp³-hybridized carbons (Fsp3) is 0.214. The van der Waals surface area contributed by atoms with Gasteiger partial charge < -0.3 is 20.3 Å². The average molecular weight is 580 g/mol. The van der Waals surface area contributed by atoms with Crippen molar-refractivity contribution in [2.24, 2.45) is 0 Å². The van der Waals surface area contributed by atoms with Crippen LogP contribution < -0.4 is 16.0 Å². The number of amides is 4. The highest BCUT2D eigenvalue weighted by Crippen LogP contribution is 2.20. The van der Waals surface area contributed by atoms with E-state index in [2.05, 4.69) is 30.9 Å². The number of rotatable bonds is 10. The van der Waals surface area contributed by atoms with Gasteiger partial charge in [-0.15, -0.1) is 0 Å². The Hall–Kier alpha value is -4.84. The molecule has 0 saturated heterocycles. The Kier molecular flexibility index (Phi) is 9.94. The van der Waals surface area contributed by atoms with E-state index >= 15 is 0 Å². The summed E-state index contributed by atoms with van der Waals surface area (Å²) in [6.07, 6.45) is 5.16. The van der Waals surface area contributed by atoms with Crippen molar-refractivity contribution in [2.45, 2.75) is 25.6 Å². The van der Waals surface area contributed by atoms with Crippen LogP contribution in [0.25, 0.3) is 10.8 Å². The first-order valence-corrected chi connectivity index (χ1v) is 12.9. The molecule has 0 saturated carbocycles. The molecule has 4 amide bonds. The summed E-state index contributed by atoms with van der Waals surface area (Å²) in [5.41, 5.74) is 0.930. The van der Waals surface area contributed by atoms with Crippen molar-refractivity contribution in [1.82, 2.24) is 30.5 Å². The first-order valence-electron chi connectivity index (χ1n) is 12.5. The van der Waals surface area contributed by atoms with Gasteiger partial charge in [-0.25, -0.2) is 19.0 Å². The molecule has 41 heavy (non-hydrogen) atoms. The summed E-state index contributed by atoms with van der Waals surface area (Å²) >= 11 is 5.98. The van der Waals surface area contributed by atoms with Crippen LogP contribution in [0.15, 0.2) is 73.3 Å². The normalized spacial score (nSPS) is 11.4. The summed E-state index contributed by atoms with van der Waals surface area (Å²) in [5, 5.41) is 9.60. The lowest BCUT2D eigenvalue weighted by molar-refractivity contribution is -0.122. The monoisotopic (exact) mass is 579 g/mol. The Morgan fingerprint density at radius 1 is 1.00 bits per heavy atom.